The molecule has 9 aromatic rings. The Morgan fingerprint density at radius 2 is 1.28 bits per heavy atom. The number of benzene rings is 6. The average Bonchev–Trinajstić information content (AvgIpc) is 3.69. The van der Waals surface area contributed by atoms with Gasteiger partial charge >= 0.3 is 0 Å². The number of thiazole rings is 1. The van der Waals surface area contributed by atoms with Gasteiger partial charge in [0.2, 0.25) is 0 Å². The summed E-state index contributed by atoms with van der Waals surface area (Å²) >= 11 is 1.70. The molecule has 182 valence electrons. The number of para-hydroxylation sites is 3. The third kappa shape index (κ3) is 2.84. The van der Waals surface area contributed by atoms with E-state index in [1.54, 1.807) is 11.3 Å². The third-order valence-corrected chi connectivity index (χ3v) is 8.90. The van der Waals surface area contributed by atoms with Crippen LogP contribution in [-0.2, 0) is 0 Å². The van der Waals surface area contributed by atoms with Gasteiger partial charge in [-0.25, -0.2) is 4.98 Å². The SMILES string of the molecule is c1ccc(-n2c3ccccc3c3cc4c(ccc5c4c4ccccc4n5-c4cccc5ncsc45)cc32)cc1. The molecular weight excluding hydrogens is 494 g/mol. The van der Waals surface area contributed by atoms with Gasteiger partial charge in [0.15, 0.2) is 0 Å². The first kappa shape index (κ1) is 21.1. The Morgan fingerprint density at radius 1 is 0.513 bits per heavy atom. The predicted molar refractivity (Wildman–Crippen MR) is 166 cm³/mol. The maximum Gasteiger partial charge on any atom is 0.0833 e. The summed E-state index contributed by atoms with van der Waals surface area (Å²) in [6, 6.07) is 44.0. The molecule has 3 aromatic heterocycles. The molecule has 0 fully saturated rings. The second-order valence-electron chi connectivity index (χ2n) is 10.1. The third-order valence-electron chi connectivity index (χ3n) is 8.04. The van der Waals surface area contributed by atoms with E-state index >= 15 is 0 Å². The molecule has 0 bridgehead atoms. The molecule has 0 aliphatic heterocycles. The predicted octanol–water partition coefficient (Wildman–Crippen LogP) is 9.64. The molecule has 3 nitrogen and oxygen atoms in total. The first-order valence-electron chi connectivity index (χ1n) is 13.1. The van der Waals surface area contributed by atoms with Crippen LogP contribution in [0, 0.1) is 0 Å². The molecule has 0 amide bonds. The van der Waals surface area contributed by atoms with Crippen molar-refractivity contribution in [3.63, 3.8) is 0 Å². The second-order valence-corrected chi connectivity index (χ2v) is 10.9. The standard InChI is InChI=1S/C35H21N3S/c1-2-9-23(10-3-1)37-29-14-6-4-11-24(29)27-20-26-22(19-33(27)37)17-18-31-34(26)25-12-5-7-15-30(25)38(31)32-16-8-13-28-35(32)39-21-36-28/h1-21H. The van der Waals surface area contributed by atoms with Gasteiger partial charge in [-0.05, 0) is 65.4 Å². The van der Waals surface area contributed by atoms with Gasteiger partial charge in [-0.1, -0.05) is 66.7 Å². The highest BCUT2D eigenvalue weighted by Crippen LogP contribution is 2.42. The molecule has 3 heterocycles. The number of hydrogen-bond acceptors (Lipinski definition) is 2. The summed E-state index contributed by atoms with van der Waals surface area (Å²) in [5, 5.41) is 7.63. The molecule has 0 spiro atoms. The lowest BCUT2D eigenvalue weighted by atomic mass is 10.0. The number of nitrogens with zero attached hydrogens (tertiary/aromatic N) is 3. The Kier molecular flexibility index (Phi) is 4.21. The highest BCUT2D eigenvalue weighted by molar-refractivity contribution is 7.17. The monoisotopic (exact) mass is 515 g/mol. The summed E-state index contributed by atoms with van der Waals surface area (Å²) in [5.41, 5.74) is 10.2. The molecule has 0 N–H and O–H groups in total. The summed E-state index contributed by atoms with van der Waals surface area (Å²) in [7, 11) is 0. The summed E-state index contributed by atoms with van der Waals surface area (Å²) in [5.74, 6) is 0. The van der Waals surface area contributed by atoms with E-state index in [0.29, 0.717) is 0 Å². The summed E-state index contributed by atoms with van der Waals surface area (Å²) in [4.78, 5) is 4.59. The molecule has 0 atom stereocenters. The molecule has 4 heteroatoms. The Morgan fingerprint density at radius 3 is 2.15 bits per heavy atom. The fourth-order valence-corrected chi connectivity index (χ4v) is 7.21. The average molecular weight is 516 g/mol. The van der Waals surface area contributed by atoms with Crippen LogP contribution in [0.25, 0.3) is 76.0 Å². The van der Waals surface area contributed by atoms with Crippen molar-refractivity contribution in [3.8, 4) is 11.4 Å². The van der Waals surface area contributed by atoms with Crippen LogP contribution in [0.1, 0.15) is 0 Å². The molecule has 0 unspecified atom stereocenters. The van der Waals surface area contributed by atoms with Gasteiger partial charge in [0.1, 0.15) is 0 Å². The van der Waals surface area contributed by atoms with E-state index in [-0.39, 0.29) is 0 Å². The largest absolute Gasteiger partial charge is 0.309 e. The second kappa shape index (κ2) is 7.79. The zero-order chi connectivity index (χ0) is 25.5. The van der Waals surface area contributed by atoms with Crippen molar-refractivity contribution in [2.24, 2.45) is 0 Å². The molecular formula is C35H21N3S. The van der Waals surface area contributed by atoms with E-state index in [1.165, 1.54) is 70.5 Å². The van der Waals surface area contributed by atoms with Crippen LogP contribution in [0.15, 0.2) is 127 Å². The normalized spacial score (nSPS) is 12.1. The maximum atomic E-state index is 4.59. The molecule has 0 aliphatic carbocycles. The van der Waals surface area contributed by atoms with Gasteiger partial charge in [-0.2, -0.15) is 0 Å². The van der Waals surface area contributed by atoms with Crippen LogP contribution in [0.2, 0.25) is 0 Å². The molecule has 39 heavy (non-hydrogen) atoms. The summed E-state index contributed by atoms with van der Waals surface area (Å²) < 4.78 is 6.02. The van der Waals surface area contributed by atoms with Crippen molar-refractivity contribution in [1.82, 2.24) is 14.1 Å². The van der Waals surface area contributed by atoms with Crippen LogP contribution in [0.3, 0.4) is 0 Å². The highest BCUT2D eigenvalue weighted by Gasteiger charge is 2.19. The summed E-state index contributed by atoms with van der Waals surface area (Å²) in [6.45, 7) is 0. The topological polar surface area (TPSA) is 22.8 Å². The van der Waals surface area contributed by atoms with Gasteiger partial charge in [-0.15, -0.1) is 11.3 Å². The van der Waals surface area contributed by atoms with Crippen molar-refractivity contribution < 1.29 is 0 Å². The summed E-state index contributed by atoms with van der Waals surface area (Å²) in [6.07, 6.45) is 0. The first-order valence-corrected chi connectivity index (χ1v) is 14.0. The zero-order valence-electron chi connectivity index (χ0n) is 20.9. The minimum Gasteiger partial charge on any atom is -0.309 e. The van der Waals surface area contributed by atoms with Crippen LogP contribution in [-0.4, -0.2) is 14.1 Å². The van der Waals surface area contributed by atoms with E-state index in [4.69, 9.17) is 0 Å². The lowest BCUT2D eigenvalue weighted by Gasteiger charge is -2.10. The zero-order valence-corrected chi connectivity index (χ0v) is 21.7. The number of hydrogen-bond donors (Lipinski definition) is 0. The van der Waals surface area contributed by atoms with Crippen LogP contribution in [0.4, 0.5) is 0 Å². The van der Waals surface area contributed by atoms with Crippen molar-refractivity contribution in [1.29, 1.82) is 0 Å². The van der Waals surface area contributed by atoms with E-state index in [2.05, 4.69) is 135 Å². The van der Waals surface area contributed by atoms with Crippen LogP contribution >= 0.6 is 11.3 Å². The van der Waals surface area contributed by atoms with Gasteiger partial charge in [-0.3, -0.25) is 0 Å². The van der Waals surface area contributed by atoms with E-state index in [9.17, 15) is 0 Å². The van der Waals surface area contributed by atoms with Gasteiger partial charge in [0, 0.05) is 27.2 Å². The number of fused-ring (bicyclic) bond motifs is 9. The van der Waals surface area contributed by atoms with Gasteiger partial charge in [0.05, 0.1) is 43.5 Å². The van der Waals surface area contributed by atoms with E-state index < -0.39 is 0 Å². The smallest absolute Gasteiger partial charge is 0.0833 e. The Bertz CT molecular complexity index is 2390. The van der Waals surface area contributed by atoms with E-state index in [0.717, 1.165) is 5.52 Å². The van der Waals surface area contributed by atoms with Crippen LogP contribution in [0.5, 0.6) is 0 Å². The fourth-order valence-electron chi connectivity index (χ4n) is 6.42. The minimum absolute atomic E-state index is 1.04. The van der Waals surface area contributed by atoms with Gasteiger partial charge < -0.3 is 9.13 Å². The van der Waals surface area contributed by atoms with Gasteiger partial charge in [0.25, 0.3) is 0 Å². The maximum absolute atomic E-state index is 4.59. The van der Waals surface area contributed by atoms with Crippen molar-refractivity contribution in [2.45, 2.75) is 0 Å². The molecule has 0 aliphatic rings. The minimum atomic E-state index is 1.04. The molecule has 0 saturated heterocycles. The first-order chi connectivity index (χ1) is 19.4. The van der Waals surface area contributed by atoms with E-state index in [1.807, 2.05) is 5.51 Å². The Hall–Kier alpha value is -4.93. The van der Waals surface area contributed by atoms with Crippen molar-refractivity contribution in [2.75, 3.05) is 0 Å². The van der Waals surface area contributed by atoms with Crippen molar-refractivity contribution >= 4 is 75.9 Å². The van der Waals surface area contributed by atoms with Crippen LogP contribution < -0.4 is 0 Å². The highest BCUT2D eigenvalue weighted by atomic mass is 32.1. The number of aromatic nitrogens is 3. The lowest BCUT2D eigenvalue weighted by molar-refractivity contribution is 1.18. The quantitative estimate of drug-likeness (QED) is 0.225. The fraction of sp³-hybridized carbons (Fsp3) is 0. The molecule has 0 radical (unpaired) electrons. The number of rotatable bonds is 2. The van der Waals surface area contributed by atoms with Crippen molar-refractivity contribution in [3.05, 3.63) is 127 Å². The Labute approximate surface area is 227 Å². The Balaban J connectivity index is 1.46. The molecule has 6 aromatic carbocycles. The lowest BCUT2D eigenvalue weighted by Crippen LogP contribution is -1.94. The molecule has 0 saturated carbocycles. The molecule has 9 rings (SSSR count).